The molecular formula is C8H11N3O5S2. The van der Waals surface area contributed by atoms with E-state index in [9.17, 15) is 18.0 Å². The highest BCUT2D eigenvalue weighted by Gasteiger charge is 2.25. The van der Waals surface area contributed by atoms with E-state index >= 15 is 0 Å². The summed E-state index contributed by atoms with van der Waals surface area (Å²) in [6.07, 6.45) is 0.298. The maximum absolute atomic E-state index is 11.7. The Morgan fingerprint density at radius 1 is 1.50 bits per heavy atom. The van der Waals surface area contributed by atoms with Gasteiger partial charge in [-0.05, 0) is 6.42 Å². The van der Waals surface area contributed by atoms with E-state index in [0.717, 1.165) is 5.51 Å². The Morgan fingerprint density at radius 3 is 2.72 bits per heavy atom. The van der Waals surface area contributed by atoms with Gasteiger partial charge in [-0.1, -0.05) is 0 Å². The summed E-state index contributed by atoms with van der Waals surface area (Å²) < 4.78 is 25.3. The predicted octanol–water partition coefficient (Wildman–Crippen LogP) is -0.615. The lowest BCUT2D eigenvalue weighted by atomic mass is 10.3. The number of primary amides is 1. The van der Waals surface area contributed by atoms with Crippen molar-refractivity contribution in [3.63, 3.8) is 0 Å². The zero-order valence-electron chi connectivity index (χ0n) is 9.12. The molecule has 0 atom stereocenters. The molecule has 18 heavy (non-hydrogen) atoms. The van der Waals surface area contributed by atoms with Crippen LogP contribution in [0.25, 0.3) is 0 Å². The topological polar surface area (TPSA) is 139 Å². The summed E-state index contributed by atoms with van der Waals surface area (Å²) in [6.45, 7) is 0.00221. The van der Waals surface area contributed by atoms with Crippen molar-refractivity contribution in [3.05, 3.63) is 11.2 Å². The van der Waals surface area contributed by atoms with Crippen LogP contribution in [0.1, 0.15) is 23.3 Å². The molecule has 0 saturated carbocycles. The standard InChI is InChI=1S/C8H11N3O5S2/c9-5(12)2-1-3-11-18(15,16)8-6(7(13)14)10-4-17-8/h4,11H,1-3H2,(H2,9,12)(H,13,14). The Labute approximate surface area is 107 Å². The van der Waals surface area contributed by atoms with Gasteiger partial charge in [-0.15, -0.1) is 11.3 Å². The molecule has 0 saturated heterocycles. The van der Waals surface area contributed by atoms with E-state index < -0.39 is 27.6 Å². The van der Waals surface area contributed by atoms with Crippen molar-refractivity contribution in [2.45, 2.75) is 17.1 Å². The SMILES string of the molecule is NC(=O)CCCNS(=O)(=O)c1scnc1C(=O)O. The lowest BCUT2D eigenvalue weighted by Crippen LogP contribution is -2.26. The molecule has 0 unspecified atom stereocenters. The number of amides is 1. The molecule has 1 amide bonds. The van der Waals surface area contributed by atoms with Gasteiger partial charge in [0, 0.05) is 13.0 Å². The van der Waals surface area contributed by atoms with Crippen LogP contribution in [0.3, 0.4) is 0 Å². The summed E-state index contributed by atoms with van der Waals surface area (Å²) in [5, 5.41) is 8.75. The normalized spacial score (nSPS) is 11.3. The van der Waals surface area contributed by atoms with E-state index in [1.165, 1.54) is 0 Å². The van der Waals surface area contributed by atoms with Crippen LogP contribution >= 0.6 is 11.3 Å². The number of carboxylic acids is 1. The largest absolute Gasteiger partial charge is 0.476 e. The first-order chi connectivity index (χ1) is 8.34. The molecule has 1 aromatic heterocycles. The first-order valence-electron chi connectivity index (χ1n) is 4.79. The number of aromatic carboxylic acids is 1. The first-order valence-corrected chi connectivity index (χ1v) is 7.15. The van der Waals surface area contributed by atoms with E-state index in [0.29, 0.717) is 11.3 Å². The zero-order valence-corrected chi connectivity index (χ0v) is 10.8. The van der Waals surface area contributed by atoms with Crippen LogP contribution in [0.5, 0.6) is 0 Å². The lowest BCUT2D eigenvalue weighted by molar-refractivity contribution is -0.118. The van der Waals surface area contributed by atoms with Gasteiger partial charge in [0.1, 0.15) is 0 Å². The van der Waals surface area contributed by atoms with Crippen LogP contribution in [-0.4, -0.2) is 36.9 Å². The Bertz CT molecular complexity index is 551. The number of aromatic nitrogens is 1. The number of nitrogens with one attached hydrogen (secondary N) is 1. The van der Waals surface area contributed by atoms with Gasteiger partial charge in [0.2, 0.25) is 5.91 Å². The molecule has 0 spiro atoms. The van der Waals surface area contributed by atoms with Crippen LogP contribution in [0.15, 0.2) is 9.72 Å². The molecule has 0 fully saturated rings. The molecule has 0 aliphatic heterocycles. The molecule has 1 heterocycles. The minimum absolute atomic E-state index is 0.00221. The quantitative estimate of drug-likeness (QED) is 0.573. The van der Waals surface area contributed by atoms with Crippen LogP contribution < -0.4 is 10.5 Å². The second-order valence-electron chi connectivity index (χ2n) is 3.26. The Hall–Kier alpha value is -1.52. The van der Waals surface area contributed by atoms with Crippen molar-refractivity contribution in [1.29, 1.82) is 0 Å². The van der Waals surface area contributed by atoms with Gasteiger partial charge < -0.3 is 10.8 Å². The number of hydrogen-bond acceptors (Lipinski definition) is 6. The summed E-state index contributed by atoms with van der Waals surface area (Å²) in [7, 11) is -3.92. The van der Waals surface area contributed by atoms with E-state index in [4.69, 9.17) is 10.8 Å². The van der Waals surface area contributed by atoms with Crippen LogP contribution in [0.2, 0.25) is 0 Å². The van der Waals surface area contributed by atoms with E-state index in [-0.39, 0.29) is 23.6 Å². The van der Waals surface area contributed by atoms with Gasteiger partial charge in [-0.25, -0.2) is 22.9 Å². The molecule has 100 valence electrons. The first kappa shape index (κ1) is 14.5. The van der Waals surface area contributed by atoms with Crippen LogP contribution in [-0.2, 0) is 14.8 Å². The summed E-state index contributed by atoms with van der Waals surface area (Å²) in [6, 6.07) is 0. The third kappa shape index (κ3) is 3.75. The minimum atomic E-state index is -3.92. The second-order valence-corrected chi connectivity index (χ2v) is 6.08. The Kier molecular flexibility index (Phi) is 4.76. The highest BCUT2D eigenvalue weighted by molar-refractivity contribution is 7.91. The summed E-state index contributed by atoms with van der Waals surface area (Å²) in [5.41, 5.74) is 5.53. The van der Waals surface area contributed by atoms with Crippen molar-refractivity contribution in [3.8, 4) is 0 Å². The highest BCUT2D eigenvalue weighted by atomic mass is 32.2. The number of carbonyl (C=O) groups excluding carboxylic acids is 1. The molecule has 0 aromatic carbocycles. The number of rotatable bonds is 7. The predicted molar refractivity (Wildman–Crippen MR) is 62.7 cm³/mol. The third-order valence-corrected chi connectivity index (χ3v) is 4.70. The smallest absolute Gasteiger partial charge is 0.356 e. The monoisotopic (exact) mass is 293 g/mol. The van der Waals surface area contributed by atoms with Crippen molar-refractivity contribution in [2.24, 2.45) is 5.73 Å². The number of thiazole rings is 1. The van der Waals surface area contributed by atoms with E-state index in [1.807, 2.05) is 0 Å². The fourth-order valence-corrected chi connectivity index (χ4v) is 3.36. The Balaban J connectivity index is 2.72. The van der Waals surface area contributed by atoms with E-state index in [2.05, 4.69) is 9.71 Å². The average Bonchev–Trinajstić information content (AvgIpc) is 2.73. The van der Waals surface area contributed by atoms with Crippen molar-refractivity contribution in [2.75, 3.05) is 6.54 Å². The average molecular weight is 293 g/mol. The summed E-state index contributed by atoms with van der Waals surface area (Å²) >= 11 is 0.715. The second kappa shape index (κ2) is 5.89. The van der Waals surface area contributed by atoms with Gasteiger partial charge in [0.15, 0.2) is 9.90 Å². The van der Waals surface area contributed by atoms with Crippen LogP contribution in [0, 0.1) is 0 Å². The molecule has 4 N–H and O–H groups in total. The van der Waals surface area contributed by atoms with Gasteiger partial charge in [-0.3, -0.25) is 4.79 Å². The van der Waals surface area contributed by atoms with Crippen molar-refractivity contribution < 1.29 is 23.1 Å². The summed E-state index contributed by atoms with van der Waals surface area (Å²) in [5.74, 6) is -1.94. The highest BCUT2D eigenvalue weighted by Crippen LogP contribution is 2.19. The molecule has 10 heteroatoms. The van der Waals surface area contributed by atoms with Crippen molar-refractivity contribution >= 4 is 33.2 Å². The molecule has 1 aromatic rings. The number of nitrogens with zero attached hydrogens (tertiary/aromatic N) is 1. The fraction of sp³-hybridized carbons (Fsp3) is 0.375. The number of carboxylic acid groups (broad SMARTS) is 1. The van der Waals surface area contributed by atoms with Gasteiger partial charge in [0.05, 0.1) is 5.51 Å². The minimum Gasteiger partial charge on any atom is -0.476 e. The summed E-state index contributed by atoms with van der Waals surface area (Å²) in [4.78, 5) is 24.7. The molecule has 0 aliphatic carbocycles. The zero-order chi connectivity index (χ0) is 13.8. The molecule has 0 aliphatic rings. The maximum atomic E-state index is 11.7. The van der Waals surface area contributed by atoms with Crippen LogP contribution in [0.4, 0.5) is 0 Å². The van der Waals surface area contributed by atoms with Gasteiger partial charge in [0.25, 0.3) is 10.0 Å². The Morgan fingerprint density at radius 2 is 2.17 bits per heavy atom. The molecule has 8 nitrogen and oxygen atoms in total. The number of sulfonamides is 1. The number of carbonyl (C=O) groups is 2. The number of nitrogens with two attached hydrogens (primary N) is 1. The van der Waals surface area contributed by atoms with E-state index in [1.54, 1.807) is 0 Å². The lowest BCUT2D eigenvalue weighted by Gasteiger charge is -2.04. The maximum Gasteiger partial charge on any atom is 0.356 e. The molecule has 0 radical (unpaired) electrons. The van der Waals surface area contributed by atoms with Gasteiger partial charge >= 0.3 is 5.97 Å². The van der Waals surface area contributed by atoms with Gasteiger partial charge in [-0.2, -0.15) is 0 Å². The third-order valence-electron chi connectivity index (χ3n) is 1.87. The van der Waals surface area contributed by atoms with Crippen molar-refractivity contribution in [1.82, 2.24) is 9.71 Å². The molecule has 1 rings (SSSR count). The molecule has 0 bridgehead atoms. The molecular weight excluding hydrogens is 282 g/mol. The fourth-order valence-electron chi connectivity index (χ4n) is 1.10. The number of hydrogen-bond donors (Lipinski definition) is 3.